The van der Waals surface area contributed by atoms with E-state index in [4.69, 9.17) is 10.5 Å². The van der Waals surface area contributed by atoms with Gasteiger partial charge in [0.25, 0.3) is 0 Å². The molecule has 2 heteroatoms. The zero-order valence-electron chi connectivity index (χ0n) is 10.6. The number of hydrogen-bond donors (Lipinski definition) is 1. The molecule has 0 bridgehead atoms. The third kappa shape index (κ3) is 1.31. The molecule has 0 atom stereocenters. The molecular formula is C17H13NO. The van der Waals surface area contributed by atoms with Crippen molar-refractivity contribution in [3.05, 3.63) is 48.5 Å². The monoisotopic (exact) mass is 247 g/mol. The first-order chi connectivity index (χ1) is 9.28. The van der Waals surface area contributed by atoms with Crippen LogP contribution in [0.2, 0.25) is 0 Å². The van der Waals surface area contributed by atoms with E-state index in [-0.39, 0.29) is 0 Å². The smallest absolute Gasteiger partial charge is 0.127 e. The number of hydrogen-bond acceptors (Lipinski definition) is 2. The number of rotatable bonds is 1. The zero-order valence-corrected chi connectivity index (χ0v) is 10.6. The van der Waals surface area contributed by atoms with Crippen molar-refractivity contribution < 1.29 is 4.74 Å². The molecular weight excluding hydrogens is 234 g/mol. The molecule has 0 saturated heterocycles. The van der Waals surface area contributed by atoms with Crippen LogP contribution in [-0.2, 0) is 0 Å². The number of ether oxygens (including phenoxy) is 1. The molecule has 0 aromatic heterocycles. The third-order valence-corrected chi connectivity index (χ3v) is 3.78. The van der Waals surface area contributed by atoms with Crippen molar-refractivity contribution in [2.75, 3.05) is 12.8 Å². The van der Waals surface area contributed by atoms with E-state index in [2.05, 4.69) is 36.4 Å². The van der Waals surface area contributed by atoms with E-state index in [1.807, 2.05) is 12.1 Å². The standard InChI is InChI=1S/C17H13NO/c1-19-15-8-11-4-2-3-10-5-6-12-7-13(18)9-14(15)17(12)16(10)11/h2-9H,18H2,1H3. The molecule has 0 fully saturated rings. The van der Waals surface area contributed by atoms with Gasteiger partial charge in [0.1, 0.15) is 5.75 Å². The summed E-state index contributed by atoms with van der Waals surface area (Å²) in [5, 5.41) is 7.23. The van der Waals surface area contributed by atoms with Crippen LogP contribution in [0.3, 0.4) is 0 Å². The second-order valence-corrected chi connectivity index (χ2v) is 4.89. The van der Waals surface area contributed by atoms with Crippen LogP contribution >= 0.6 is 0 Å². The van der Waals surface area contributed by atoms with E-state index in [1.165, 1.54) is 21.5 Å². The van der Waals surface area contributed by atoms with E-state index in [0.29, 0.717) is 0 Å². The lowest BCUT2D eigenvalue weighted by Gasteiger charge is -2.14. The van der Waals surface area contributed by atoms with Gasteiger partial charge in [0.15, 0.2) is 0 Å². The molecule has 4 rings (SSSR count). The van der Waals surface area contributed by atoms with Crippen molar-refractivity contribution in [3.63, 3.8) is 0 Å². The van der Waals surface area contributed by atoms with Gasteiger partial charge >= 0.3 is 0 Å². The van der Waals surface area contributed by atoms with Crippen molar-refractivity contribution in [1.29, 1.82) is 0 Å². The number of nitrogen functional groups attached to an aromatic ring is 1. The summed E-state index contributed by atoms with van der Waals surface area (Å²) in [4.78, 5) is 0. The second-order valence-electron chi connectivity index (χ2n) is 4.89. The number of nitrogens with two attached hydrogens (primary N) is 1. The minimum atomic E-state index is 0.768. The van der Waals surface area contributed by atoms with Crippen molar-refractivity contribution in [3.8, 4) is 5.75 Å². The van der Waals surface area contributed by atoms with E-state index in [9.17, 15) is 0 Å². The second kappa shape index (κ2) is 3.51. The molecule has 0 aliphatic carbocycles. The number of methoxy groups -OCH3 is 1. The number of anilines is 1. The quantitative estimate of drug-likeness (QED) is 0.404. The fourth-order valence-electron chi connectivity index (χ4n) is 3.00. The predicted molar refractivity (Wildman–Crippen MR) is 81.1 cm³/mol. The van der Waals surface area contributed by atoms with Gasteiger partial charge in [-0.2, -0.15) is 0 Å². The van der Waals surface area contributed by atoms with Crippen LogP contribution in [-0.4, -0.2) is 7.11 Å². The molecule has 0 radical (unpaired) electrons. The molecule has 0 aliphatic heterocycles. The molecule has 0 unspecified atom stereocenters. The minimum absolute atomic E-state index is 0.768. The fraction of sp³-hybridized carbons (Fsp3) is 0.0588. The summed E-state index contributed by atoms with van der Waals surface area (Å²) < 4.78 is 5.53. The molecule has 2 N–H and O–H groups in total. The topological polar surface area (TPSA) is 35.2 Å². The molecule has 0 spiro atoms. The molecule has 0 saturated carbocycles. The summed E-state index contributed by atoms with van der Waals surface area (Å²) in [6.07, 6.45) is 0. The maximum Gasteiger partial charge on any atom is 0.127 e. The van der Waals surface area contributed by atoms with Gasteiger partial charge in [-0.3, -0.25) is 0 Å². The van der Waals surface area contributed by atoms with Crippen molar-refractivity contribution in [1.82, 2.24) is 0 Å². The van der Waals surface area contributed by atoms with E-state index in [1.54, 1.807) is 7.11 Å². The first-order valence-corrected chi connectivity index (χ1v) is 6.29. The first-order valence-electron chi connectivity index (χ1n) is 6.29. The fourth-order valence-corrected chi connectivity index (χ4v) is 3.00. The summed E-state index contributed by atoms with van der Waals surface area (Å²) in [6, 6.07) is 16.7. The number of benzene rings is 4. The molecule has 92 valence electrons. The normalized spacial score (nSPS) is 11.6. The summed E-state index contributed by atoms with van der Waals surface area (Å²) >= 11 is 0. The van der Waals surface area contributed by atoms with Gasteiger partial charge in [-0.05, 0) is 39.7 Å². The van der Waals surface area contributed by atoms with Crippen LogP contribution in [0.1, 0.15) is 0 Å². The van der Waals surface area contributed by atoms with Crippen molar-refractivity contribution in [2.24, 2.45) is 0 Å². The van der Waals surface area contributed by atoms with Gasteiger partial charge < -0.3 is 10.5 Å². The largest absolute Gasteiger partial charge is 0.496 e. The highest BCUT2D eigenvalue weighted by Gasteiger charge is 2.12. The Labute approximate surface area is 110 Å². The summed E-state index contributed by atoms with van der Waals surface area (Å²) in [5.74, 6) is 0.878. The lowest BCUT2D eigenvalue weighted by atomic mass is 9.93. The van der Waals surface area contributed by atoms with Gasteiger partial charge in [0, 0.05) is 16.5 Å². The highest BCUT2D eigenvalue weighted by molar-refractivity contribution is 6.25. The Bertz CT molecular complexity index is 911. The molecule has 4 aromatic carbocycles. The van der Waals surface area contributed by atoms with Gasteiger partial charge in [0.2, 0.25) is 0 Å². The van der Waals surface area contributed by atoms with Crippen LogP contribution in [0.25, 0.3) is 32.3 Å². The highest BCUT2D eigenvalue weighted by atomic mass is 16.5. The Morgan fingerprint density at radius 2 is 1.58 bits per heavy atom. The average Bonchev–Trinajstić information content (AvgIpc) is 2.43. The maximum absolute atomic E-state index is 6.00. The molecule has 0 amide bonds. The van der Waals surface area contributed by atoms with Crippen LogP contribution < -0.4 is 10.5 Å². The van der Waals surface area contributed by atoms with Crippen LogP contribution in [0.5, 0.6) is 5.75 Å². The molecule has 0 heterocycles. The van der Waals surface area contributed by atoms with Gasteiger partial charge in [-0.15, -0.1) is 0 Å². The lowest BCUT2D eigenvalue weighted by molar-refractivity contribution is 0.420. The van der Waals surface area contributed by atoms with Crippen LogP contribution in [0, 0.1) is 0 Å². The Morgan fingerprint density at radius 1 is 0.842 bits per heavy atom. The zero-order chi connectivity index (χ0) is 13.0. The maximum atomic E-state index is 6.00. The van der Waals surface area contributed by atoms with Gasteiger partial charge in [-0.25, -0.2) is 0 Å². The van der Waals surface area contributed by atoms with E-state index < -0.39 is 0 Å². The Morgan fingerprint density at radius 3 is 2.42 bits per heavy atom. The summed E-state index contributed by atoms with van der Waals surface area (Å²) in [5.41, 5.74) is 6.77. The summed E-state index contributed by atoms with van der Waals surface area (Å²) in [6.45, 7) is 0. The lowest BCUT2D eigenvalue weighted by Crippen LogP contribution is -1.92. The molecule has 0 aliphatic rings. The molecule has 2 nitrogen and oxygen atoms in total. The van der Waals surface area contributed by atoms with Crippen molar-refractivity contribution in [2.45, 2.75) is 0 Å². The van der Waals surface area contributed by atoms with Crippen molar-refractivity contribution >= 4 is 38.0 Å². The average molecular weight is 247 g/mol. The Balaban J connectivity index is 2.41. The molecule has 4 aromatic rings. The predicted octanol–water partition coefficient (Wildman–Crippen LogP) is 4.17. The molecule has 19 heavy (non-hydrogen) atoms. The summed E-state index contributed by atoms with van der Waals surface area (Å²) in [7, 11) is 1.70. The van der Waals surface area contributed by atoms with Crippen LogP contribution in [0.4, 0.5) is 5.69 Å². The SMILES string of the molecule is COc1cc2cccc3ccc4cc(N)cc1c4c32. The van der Waals surface area contributed by atoms with Gasteiger partial charge in [0.05, 0.1) is 7.11 Å². The minimum Gasteiger partial charge on any atom is -0.496 e. The van der Waals surface area contributed by atoms with Gasteiger partial charge in [-0.1, -0.05) is 30.3 Å². The Kier molecular flexibility index (Phi) is 1.93. The van der Waals surface area contributed by atoms with E-state index in [0.717, 1.165) is 22.2 Å². The van der Waals surface area contributed by atoms with Crippen LogP contribution in [0.15, 0.2) is 48.5 Å². The first kappa shape index (κ1) is 10.4. The Hall–Kier alpha value is -2.48. The highest BCUT2D eigenvalue weighted by Crippen LogP contribution is 2.40. The third-order valence-electron chi connectivity index (χ3n) is 3.78. The van der Waals surface area contributed by atoms with E-state index >= 15 is 0 Å².